The molecule has 1 aromatic rings. The van der Waals surface area contributed by atoms with E-state index >= 15 is 0 Å². The largest absolute Gasteiger partial charge is 0.491 e. The lowest BCUT2D eigenvalue weighted by molar-refractivity contribution is -0.0197. The van der Waals surface area contributed by atoms with Crippen LogP contribution in [-0.2, 0) is 4.74 Å². The van der Waals surface area contributed by atoms with Crippen LogP contribution in [0.5, 0.6) is 5.75 Å². The topological polar surface area (TPSA) is 55.8 Å². The van der Waals surface area contributed by atoms with Crippen molar-refractivity contribution in [2.24, 2.45) is 5.41 Å². The Hall–Kier alpha value is -2.04. The van der Waals surface area contributed by atoms with Crippen LogP contribution in [0.3, 0.4) is 0 Å². The molecule has 0 spiro atoms. The van der Waals surface area contributed by atoms with Crippen LogP contribution < -0.4 is 4.74 Å². The molecule has 2 rings (SSSR count). The molecule has 1 fully saturated rings. The molecule has 5 heteroatoms. The highest BCUT2D eigenvalue weighted by Gasteiger charge is 2.48. The summed E-state index contributed by atoms with van der Waals surface area (Å²) in [6.07, 6.45) is -0.272. The van der Waals surface area contributed by atoms with E-state index in [1.165, 1.54) is 0 Å². The van der Waals surface area contributed by atoms with Crippen molar-refractivity contribution in [3.05, 3.63) is 29.8 Å². The monoisotopic (exact) mass is 333 g/mol. The van der Waals surface area contributed by atoms with Crippen molar-refractivity contribution >= 4 is 11.9 Å². The number of likely N-dealkylation sites (tertiary alicyclic amines) is 1. The van der Waals surface area contributed by atoms with E-state index in [1.807, 2.05) is 41.5 Å². The third-order valence-corrected chi connectivity index (χ3v) is 3.77. The highest BCUT2D eigenvalue weighted by atomic mass is 16.6. The molecule has 24 heavy (non-hydrogen) atoms. The lowest BCUT2D eigenvalue weighted by Crippen LogP contribution is -2.61. The number of benzene rings is 1. The first-order valence-electron chi connectivity index (χ1n) is 8.30. The van der Waals surface area contributed by atoms with E-state index in [0.29, 0.717) is 18.7 Å². The Morgan fingerprint density at radius 1 is 1.12 bits per heavy atom. The number of rotatable bonds is 4. The molecule has 0 unspecified atom stereocenters. The van der Waals surface area contributed by atoms with E-state index < -0.39 is 11.0 Å². The molecule has 1 aromatic carbocycles. The van der Waals surface area contributed by atoms with Crippen molar-refractivity contribution in [1.29, 1.82) is 0 Å². The summed E-state index contributed by atoms with van der Waals surface area (Å²) in [7, 11) is 0. The summed E-state index contributed by atoms with van der Waals surface area (Å²) >= 11 is 0. The molecule has 1 aliphatic rings. The van der Waals surface area contributed by atoms with Gasteiger partial charge in [-0.1, -0.05) is 0 Å². The highest BCUT2D eigenvalue weighted by Crippen LogP contribution is 2.35. The average molecular weight is 333 g/mol. The molecule has 0 bridgehead atoms. The van der Waals surface area contributed by atoms with Gasteiger partial charge in [0.1, 0.15) is 11.4 Å². The van der Waals surface area contributed by atoms with Gasteiger partial charge in [0.15, 0.2) is 5.78 Å². The predicted octanol–water partition coefficient (Wildman–Crippen LogP) is 3.91. The molecule has 1 saturated heterocycles. The third kappa shape index (κ3) is 4.28. The number of amides is 1. The van der Waals surface area contributed by atoms with E-state index in [9.17, 15) is 9.59 Å². The van der Waals surface area contributed by atoms with Gasteiger partial charge in [-0.2, -0.15) is 0 Å². The quantitative estimate of drug-likeness (QED) is 0.784. The van der Waals surface area contributed by atoms with Crippen molar-refractivity contribution in [2.75, 3.05) is 13.1 Å². The summed E-state index contributed by atoms with van der Waals surface area (Å²) in [6.45, 7) is 12.0. The molecule has 5 nitrogen and oxygen atoms in total. The molecule has 0 saturated carbocycles. The van der Waals surface area contributed by atoms with Gasteiger partial charge >= 0.3 is 6.09 Å². The highest BCUT2D eigenvalue weighted by molar-refractivity contribution is 6.02. The number of carbonyl (C=O) groups is 2. The first-order chi connectivity index (χ1) is 11.0. The van der Waals surface area contributed by atoms with E-state index in [4.69, 9.17) is 9.47 Å². The van der Waals surface area contributed by atoms with Gasteiger partial charge in [0.2, 0.25) is 0 Å². The Balaban J connectivity index is 1.97. The van der Waals surface area contributed by atoms with Crippen LogP contribution in [0.1, 0.15) is 51.9 Å². The van der Waals surface area contributed by atoms with Gasteiger partial charge in [0.05, 0.1) is 11.5 Å². The van der Waals surface area contributed by atoms with E-state index in [0.717, 1.165) is 5.75 Å². The summed E-state index contributed by atoms with van der Waals surface area (Å²) in [5, 5.41) is 0. The second-order valence-electron chi connectivity index (χ2n) is 7.92. The molecule has 1 aliphatic heterocycles. The molecule has 0 atom stereocenters. The van der Waals surface area contributed by atoms with Gasteiger partial charge in [0, 0.05) is 18.7 Å². The lowest BCUT2D eigenvalue weighted by atomic mass is 9.75. The minimum Gasteiger partial charge on any atom is -0.491 e. The van der Waals surface area contributed by atoms with Crippen molar-refractivity contribution in [3.8, 4) is 5.75 Å². The SMILES string of the molecule is CC(C)Oc1ccc(C(=O)C2(C)CN(C(=O)OC(C)(C)C)C2)cc1. The fraction of sp³-hybridized carbons (Fsp3) is 0.579. The number of nitrogens with zero attached hydrogens (tertiary/aromatic N) is 1. The molecule has 0 aliphatic carbocycles. The van der Waals surface area contributed by atoms with Gasteiger partial charge in [-0.25, -0.2) is 4.79 Å². The summed E-state index contributed by atoms with van der Waals surface area (Å²) < 4.78 is 10.9. The Morgan fingerprint density at radius 2 is 1.67 bits per heavy atom. The summed E-state index contributed by atoms with van der Waals surface area (Å²) in [5.41, 5.74) is -0.450. The Labute approximate surface area is 143 Å². The standard InChI is InChI=1S/C19H27NO4/c1-13(2)23-15-9-7-14(8-10-15)16(21)19(6)11-20(12-19)17(22)24-18(3,4)5/h7-10,13H,11-12H2,1-6H3. The minimum atomic E-state index is -0.558. The number of hydrogen-bond donors (Lipinski definition) is 0. The van der Waals surface area contributed by atoms with Crippen LogP contribution in [0.4, 0.5) is 4.79 Å². The fourth-order valence-electron chi connectivity index (χ4n) is 2.70. The van der Waals surface area contributed by atoms with Gasteiger partial charge in [-0.3, -0.25) is 4.79 Å². The number of Topliss-reactive ketones (excluding diaryl/α,β-unsaturated/α-hetero) is 1. The summed E-state index contributed by atoms with van der Waals surface area (Å²) in [6, 6.07) is 7.17. The smallest absolute Gasteiger partial charge is 0.410 e. The first-order valence-corrected chi connectivity index (χ1v) is 8.30. The molecule has 0 N–H and O–H groups in total. The Kier molecular flexibility index (Phi) is 4.92. The minimum absolute atomic E-state index is 0.0402. The number of ketones is 1. The molecule has 132 valence electrons. The van der Waals surface area contributed by atoms with Crippen LogP contribution in [0.25, 0.3) is 0 Å². The van der Waals surface area contributed by atoms with Crippen LogP contribution >= 0.6 is 0 Å². The summed E-state index contributed by atoms with van der Waals surface area (Å²) in [4.78, 5) is 26.3. The second-order valence-corrected chi connectivity index (χ2v) is 7.92. The number of ether oxygens (including phenoxy) is 2. The van der Waals surface area contributed by atoms with Gasteiger partial charge in [0.25, 0.3) is 0 Å². The van der Waals surface area contributed by atoms with Crippen LogP contribution in [-0.4, -0.2) is 41.6 Å². The Bertz CT molecular complexity index is 607. The molecular weight excluding hydrogens is 306 g/mol. The maximum absolute atomic E-state index is 12.7. The van der Waals surface area contributed by atoms with Gasteiger partial charge in [-0.05, 0) is 65.8 Å². The van der Waals surface area contributed by atoms with Crippen molar-refractivity contribution in [3.63, 3.8) is 0 Å². The predicted molar refractivity (Wildman–Crippen MR) is 92.5 cm³/mol. The summed E-state index contributed by atoms with van der Waals surface area (Å²) in [5.74, 6) is 0.786. The number of hydrogen-bond acceptors (Lipinski definition) is 4. The number of carbonyl (C=O) groups excluding carboxylic acids is 2. The van der Waals surface area contributed by atoms with E-state index in [2.05, 4.69) is 0 Å². The maximum Gasteiger partial charge on any atom is 0.410 e. The normalized spacial score (nSPS) is 16.5. The fourth-order valence-corrected chi connectivity index (χ4v) is 2.70. The maximum atomic E-state index is 12.7. The van der Waals surface area contributed by atoms with Crippen LogP contribution in [0, 0.1) is 5.41 Å². The van der Waals surface area contributed by atoms with Crippen LogP contribution in [0.2, 0.25) is 0 Å². The lowest BCUT2D eigenvalue weighted by Gasteiger charge is -2.46. The zero-order valence-corrected chi connectivity index (χ0v) is 15.4. The van der Waals surface area contributed by atoms with E-state index in [-0.39, 0.29) is 18.0 Å². The molecule has 1 heterocycles. The molecule has 1 amide bonds. The Morgan fingerprint density at radius 3 is 2.12 bits per heavy atom. The van der Waals surface area contributed by atoms with Crippen molar-refractivity contribution in [1.82, 2.24) is 4.90 Å². The van der Waals surface area contributed by atoms with Crippen molar-refractivity contribution < 1.29 is 19.1 Å². The van der Waals surface area contributed by atoms with Crippen molar-refractivity contribution in [2.45, 2.75) is 53.2 Å². The van der Waals surface area contributed by atoms with E-state index in [1.54, 1.807) is 29.2 Å². The van der Waals surface area contributed by atoms with Gasteiger partial charge < -0.3 is 14.4 Å². The zero-order valence-electron chi connectivity index (χ0n) is 15.4. The second kappa shape index (κ2) is 6.46. The molecule has 0 aromatic heterocycles. The van der Waals surface area contributed by atoms with Crippen LogP contribution in [0.15, 0.2) is 24.3 Å². The zero-order chi connectivity index (χ0) is 18.1. The molecular formula is C19H27NO4. The third-order valence-electron chi connectivity index (χ3n) is 3.77. The molecule has 0 radical (unpaired) electrons. The van der Waals surface area contributed by atoms with Gasteiger partial charge in [-0.15, -0.1) is 0 Å². The average Bonchev–Trinajstić information content (AvgIpc) is 2.41. The first kappa shape index (κ1) is 18.3.